The molecule has 3 nitrogen and oxygen atoms in total. The van der Waals surface area contributed by atoms with E-state index in [1.54, 1.807) is 11.3 Å². The zero-order valence-electron chi connectivity index (χ0n) is 11.0. The number of hydrogen-bond donors (Lipinski definition) is 1. The molecule has 0 aromatic carbocycles. The van der Waals surface area contributed by atoms with Crippen LogP contribution >= 0.6 is 27.3 Å². The lowest BCUT2D eigenvalue weighted by Gasteiger charge is -2.42. The van der Waals surface area contributed by atoms with Crippen molar-refractivity contribution in [3.8, 4) is 0 Å². The third-order valence-corrected chi connectivity index (χ3v) is 5.39. The number of likely N-dealkylation sites (tertiary alicyclic amines) is 1. The minimum absolute atomic E-state index is 0.00848. The Morgan fingerprint density at radius 1 is 1.61 bits per heavy atom. The first-order chi connectivity index (χ1) is 8.31. The van der Waals surface area contributed by atoms with Crippen LogP contribution in [0.3, 0.4) is 0 Å². The van der Waals surface area contributed by atoms with Gasteiger partial charge in [0, 0.05) is 24.0 Å². The number of carbonyl (C=O) groups is 1. The molecule has 1 saturated heterocycles. The molecule has 0 spiro atoms. The quantitative estimate of drug-likeness (QED) is 0.860. The fourth-order valence-electron chi connectivity index (χ4n) is 2.35. The van der Waals surface area contributed by atoms with Gasteiger partial charge in [-0.05, 0) is 40.8 Å². The molecular weight excluding hydrogens is 312 g/mol. The Labute approximate surface area is 120 Å². The summed E-state index contributed by atoms with van der Waals surface area (Å²) in [5.74, 6) is 0.117. The lowest BCUT2D eigenvalue weighted by Crippen LogP contribution is -2.53. The fourth-order valence-corrected chi connectivity index (χ4v) is 4.11. The van der Waals surface area contributed by atoms with Crippen LogP contribution in [0.25, 0.3) is 0 Å². The molecule has 1 atom stereocenters. The number of nitrogens with two attached hydrogens (primary N) is 1. The number of aryl methyl sites for hydroxylation is 1. The Hall–Kier alpha value is -0.390. The van der Waals surface area contributed by atoms with Crippen molar-refractivity contribution in [1.82, 2.24) is 4.90 Å². The summed E-state index contributed by atoms with van der Waals surface area (Å²) in [6.07, 6.45) is 0.874. The Kier molecular flexibility index (Phi) is 3.85. The Morgan fingerprint density at radius 2 is 2.28 bits per heavy atom. The van der Waals surface area contributed by atoms with Crippen molar-refractivity contribution in [3.63, 3.8) is 0 Å². The summed E-state index contributed by atoms with van der Waals surface area (Å²) in [7, 11) is 0. The number of piperidine rings is 1. The number of halogens is 1. The average Bonchev–Trinajstić information content (AvgIpc) is 2.60. The van der Waals surface area contributed by atoms with Crippen LogP contribution in [0.2, 0.25) is 0 Å². The standard InChI is InChI=1S/C13H19BrN2OS/c1-8-6-9(11(14)18-8)12(17)16-5-4-10(15)13(2,3)7-16/h6,10H,4-5,7,15H2,1-3H3. The van der Waals surface area contributed by atoms with E-state index in [1.165, 1.54) is 0 Å². The van der Waals surface area contributed by atoms with Crippen LogP contribution in [-0.4, -0.2) is 29.9 Å². The number of nitrogens with zero attached hydrogens (tertiary/aromatic N) is 1. The molecule has 2 rings (SSSR count). The van der Waals surface area contributed by atoms with Crippen LogP contribution in [0, 0.1) is 12.3 Å². The predicted octanol–water partition coefficient (Wildman–Crippen LogP) is 3.02. The highest BCUT2D eigenvalue weighted by Crippen LogP contribution is 2.32. The molecule has 5 heteroatoms. The van der Waals surface area contributed by atoms with Gasteiger partial charge in [0.2, 0.25) is 0 Å². The minimum atomic E-state index is -0.00848. The number of thiophene rings is 1. The molecule has 0 bridgehead atoms. The highest BCUT2D eigenvalue weighted by molar-refractivity contribution is 9.11. The van der Waals surface area contributed by atoms with Gasteiger partial charge in [0.15, 0.2) is 0 Å². The van der Waals surface area contributed by atoms with Crippen LogP contribution in [0.1, 0.15) is 35.5 Å². The molecule has 1 aromatic heterocycles. The zero-order valence-corrected chi connectivity index (χ0v) is 13.4. The topological polar surface area (TPSA) is 46.3 Å². The molecule has 0 radical (unpaired) electrons. The highest BCUT2D eigenvalue weighted by Gasteiger charge is 2.36. The second kappa shape index (κ2) is 4.94. The number of hydrogen-bond acceptors (Lipinski definition) is 3. The summed E-state index contributed by atoms with van der Waals surface area (Å²) < 4.78 is 0.928. The van der Waals surface area contributed by atoms with E-state index in [1.807, 2.05) is 17.9 Å². The van der Waals surface area contributed by atoms with Gasteiger partial charge in [-0.1, -0.05) is 13.8 Å². The van der Waals surface area contributed by atoms with Gasteiger partial charge in [-0.25, -0.2) is 0 Å². The van der Waals surface area contributed by atoms with Crippen molar-refractivity contribution in [1.29, 1.82) is 0 Å². The van der Waals surface area contributed by atoms with E-state index in [0.29, 0.717) is 0 Å². The van der Waals surface area contributed by atoms with Gasteiger partial charge >= 0.3 is 0 Å². The van der Waals surface area contributed by atoms with Gasteiger partial charge in [0.05, 0.1) is 9.35 Å². The van der Waals surface area contributed by atoms with Crippen molar-refractivity contribution < 1.29 is 4.79 Å². The summed E-state index contributed by atoms with van der Waals surface area (Å²) >= 11 is 5.08. The SMILES string of the molecule is Cc1cc(C(=O)N2CCC(N)C(C)(C)C2)c(Br)s1. The van der Waals surface area contributed by atoms with E-state index < -0.39 is 0 Å². The smallest absolute Gasteiger partial charge is 0.255 e. The second-order valence-electron chi connectivity index (χ2n) is 5.65. The third-order valence-electron chi connectivity index (χ3n) is 3.64. The van der Waals surface area contributed by atoms with Gasteiger partial charge < -0.3 is 10.6 Å². The molecule has 18 heavy (non-hydrogen) atoms. The zero-order chi connectivity index (χ0) is 13.5. The lowest BCUT2D eigenvalue weighted by atomic mass is 9.79. The average molecular weight is 331 g/mol. The van der Waals surface area contributed by atoms with E-state index in [-0.39, 0.29) is 17.4 Å². The highest BCUT2D eigenvalue weighted by atomic mass is 79.9. The maximum absolute atomic E-state index is 12.5. The molecule has 100 valence electrons. The normalized spacial score (nSPS) is 23.2. The number of amides is 1. The van der Waals surface area contributed by atoms with Crippen molar-refractivity contribution in [2.24, 2.45) is 11.1 Å². The maximum Gasteiger partial charge on any atom is 0.255 e. The molecule has 1 aliphatic rings. The van der Waals surface area contributed by atoms with E-state index in [4.69, 9.17) is 5.73 Å². The van der Waals surface area contributed by atoms with Gasteiger partial charge in [-0.2, -0.15) is 0 Å². The molecular formula is C13H19BrN2OS. The Bertz CT molecular complexity index is 470. The van der Waals surface area contributed by atoms with Crippen LogP contribution in [0.4, 0.5) is 0 Å². The monoisotopic (exact) mass is 330 g/mol. The summed E-state index contributed by atoms with van der Waals surface area (Å²) in [5.41, 5.74) is 6.88. The van der Waals surface area contributed by atoms with Crippen molar-refractivity contribution in [3.05, 3.63) is 20.3 Å². The van der Waals surface area contributed by atoms with Gasteiger partial charge in [-0.15, -0.1) is 11.3 Å². The van der Waals surface area contributed by atoms with Crippen LogP contribution in [-0.2, 0) is 0 Å². The van der Waals surface area contributed by atoms with Crippen LogP contribution in [0.5, 0.6) is 0 Å². The number of carbonyl (C=O) groups excluding carboxylic acids is 1. The summed E-state index contributed by atoms with van der Waals surface area (Å²) in [4.78, 5) is 15.6. The summed E-state index contributed by atoms with van der Waals surface area (Å²) in [6, 6.07) is 2.13. The van der Waals surface area contributed by atoms with Gasteiger partial charge in [-0.3, -0.25) is 4.79 Å². The Balaban J connectivity index is 2.18. The summed E-state index contributed by atoms with van der Waals surface area (Å²) in [6.45, 7) is 7.76. The van der Waals surface area contributed by atoms with Crippen molar-refractivity contribution in [2.75, 3.05) is 13.1 Å². The maximum atomic E-state index is 12.5. The van der Waals surface area contributed by atoms with Crippen LogP contribution < -0.4 is 5.73 Å². The molecule has 1 aliphatic heterocycles. The first kappa shape index (κ1) is 14.0. The third kappa shape index (κ3) is 2.63. The molecule has 0 aliphatic carbocycles. The van der Waals surface area contributed by atoms with E-state index >= 15 is 0 Å². The molecule has 0 saturated carbocycles. The van der Waals surface area contributed by atoms with E-state index in [0.717, 1.165) is 33.7 Å². The van der Waals surface area contributed by atoms with E-state index in [9.17, 15) is 4.79 Å². The Morgan fingerprint density at radius 3 is 2.78 bits per heavy atom. The molecule has 1 fully saturated rings. The van der Waals surface area contributed by atoms with Gasteiger partial charge in [0.1, 0.15) is 0 Å². The molecule has 1 amide bonds. The lowest BCUT2D eigenvalue weighted by molar-refractivity contribution is 0.0532. The van der Waals surface area contributed by atoms with E-state index in [2.05, 4.69) is 29.8 Å². The van der Waals surface area contributed by atoms with Crippen molar-refractivity contribution >= 4 is 33.2 Å². The van der Waals surface area contributed by atoms with Gasteiger partial charge in [0.25, 0.3) is 5.91 Å². The molecule has 1 aromatic rings. The minimum Gasteiger partial charge on any atom is -0.338 e. The van der Waals surface area contributed by atoms with Crippen molar-refractivity contribution in [2.45, 2.75) is 33.2 Å². The largest absolute Gasteiger partial charge is 0.338 e. The molecule has 1 unspecified atom stereocenters. The fraction of sp³-hybridized carbons (Fsp3) is 0.615. The molecule has 2 heterocycles. The molecule has 2 N–H and O–H groups in total. The first-order valence-corrected chi connectivity index (χ1v) is 7.73. The first-order valence-electron chi connectivity index (χ1n) is 6.12. The van der Waals surface area contributed by atoms with Crippen LogP contribution in [0.15, 0.2) is 9.85 Å². The number of rotatable bonds is 1. The second-order valence-corrected chi connectivity index (χ2v) is 8.23. The summed E-state index contributed by atoms with van der Waals surface area (Å²) in [5, 5.41) is 0. The predicted molar refractivity (Wildman–Crippen MR) is 79.0 cm³/mol.